The van der Waals surface area contributed by atoms with Crippen LogP contribution in [0, 0.1) is 5.92 Å². The average molecular weight is 312 g/mol. The second-order valence-corrected chi connectivity index (χ2v) is 5.66. The molecule has 0 atom stereocenters. The minimum atomic E-state index is 0.654. The van der Waals surface area contributed by atoms with E-state index in [1.807, 2.05) is 23.0 Å². The van der Waals surface area contributed by atoms with Crippen LogP contribution in [-0.2, 0) is 13.1 Å². The molecule has 0 amide bonds. The van der Waals surface area contributed by atoms with Crippen LogP contribution in [0.4, 0.5) is 0 Å². The van der Waals surface area contributed by atoms with E-state index in [0.29, 0.717) is 12.5 Å². The van der Waals surface area contributed by atoms with E-state index in [4.69, 9.17) is 4.42 Å². The Labute approximate surface area is 115 Å². The first kappa shape index (κ1) is 13.4. The summed E-state index contributed by atoms with van der Waals surface area (Å²) in [5.74, 6) is 2.55. The molecule has 0 radical (unpaired) electrons. The van der Waals surface area contributed by atoms with E-state index in [1.165, 1.54) is 0 Å². The Morgan fingerprint density at radius 2 is 2.17 bits per heavy atom. The number of rotatable bonds is 6. The van der Waals surface area contributed by atoms with Crippen LogP contribution in [0.5, 0.6) is 0 Å². The summed E-state index contributed by atoms with van der Waals surface area (Å²) in [5.41, 5.74) is 0. The van der Waals surface area contributed by atoms with Gasteiger partial charge in [-0.2, -0.15) is 5.10 Å². The molecule has 98 valence electrons. The smallest absolute Gasteiger partial charge is 0.125 e. The predicted molar refractivity (Wildman–Crippen MR) is 74.3 cm³/mol. The van der Waals surface area contributed by atoms with Crippen molar-refractivity contribution in [3.05, 3.63) is 40.5 Å². The zero-order chi connectivity index (χ0) is 13.0. The quantitative estimate of drug-likeness (QED) is 0.891. The van der Waals surface area contributed by atoms with E-state index in [0.717, 1.165) is 29.1 Å². The van der Waals surface area contributed by atoms with Crippen molar-refractivity contribution >= 4 is 15.9 Å². The van der Waals surface area contributed by atoms with Crippen molar-refractivity contribution in [1.29, 1.82) is 0 Å². The molecule has 5 heteroatoms. The normalized spacial score (nSPS) is 11.3. The van der Waals surface area contributed by atoms with Crippen molar-refractivity contribution < 1.29 is 4.42 Å². The van der Waals surface area contributed by atoms with Crippen LogP contribution < -0.4 is 5.32 Å². The highest BCUT2D eigenvalue weighted by Gasteiger charge is 2.04. The first-order valence-corrected chi connectivity index (χ1v) is 6.89. The van der Waals surface area contributed by atoms with Crippen molar-refractivity contribution in [2.45, 2.75) is 26.9 Å². The van der Waals surface area contributed by atoms with Gasteiger partial charge < -0.3 is 9.73 Å². The molecule has 0 bridgehead atoms. The minimum absolute atomic E-state index is 0.654. The lowest BCUT2D eigenvalue weighted by atomic mass is 10.2. The van der Waals surface area contributed by atoms with E-state index < -0.39 is 0 Å². The molecule has 0 saturated heterocycles. The maximum atomic E-state index is 5.74. The lowest BCUT2D eigenvalue weighted by Gasteiger charge is -2.05. The lowest BCUT2D eigenvalue weighted by molar-refractivity contribution is 0.423. The van der Waals surface area contributed by atoms with Crippen LogP contribution in [-0.4, -0.2) is 16.3 Å². The Morgan fingerprint density at radius 1 is 1.39 bits per heavy atom. The molecule has 0 aromatic carbocycles. The van der Waals surface area contributed by atoms with Gasteiger partial charge in [0.1, 0.15) is 11.5 Å². The molecule has 1 N–H and O–H groups in total. The van der Waals surface area contributed by atoms with E-state index >= 15 is 0 Å². The third kappa shape index (κ3) is 3.99. The van der Waals surface area contributed by atoms with Gasteiger partial charge in [-0.25, -0.2) is 0 Å². The SMILES string of the molecule is CC(C)CNCc1ccc(Cn2cc(Br)cn2)o1. The van der Waals surface area contributed by atoms with E-state index in [1.54, 1.807) is 6.20 Å². The lowest BCUT2D eigenvalue weighted by Crippen LogP contribution is -2.18. The van der Waals surface area contributed by atoms with Crippen molar-refractivity contribution in [2.75, 3.05) is 6.54 Å². The van der Waals surface area contributed by atoms with Crippen molar-refractivity contribution in [3.63, 3.8) is 0 Å². The first-order chi connectivity index (χ1) is 8.63. The summed E-state index contributed by atoms with van der Waals surface area (Å²) in [5, 5.41) is 7.56. The predicted octanol–water partition coefficient (Wildman–Crippen LogP) is 3.03. The highest BCUT2D eigenvalue weighted by atomic mass is 79.9. The third-order valence-electron chi connectivity index (χ3n) is 2.49. The van der Waals surface area contributed by atoms with Crippen molar-refractivity contribution in [2.24, 2.45) is 5.92 Å². The fraction of sp³-hybridized carbons (Fsp3) is 0.462. The second kappa shape index (κ2) is 6.20. The third-order valence-corrected chi connectivity index (χ3v) is 2.90. The van der Waals surface area contributed by atoms with Gasteiger partial charge in [-0.1, -0.05) is 13.8 Å². The highest BCUT2D eigenvalue weighted by Crippen LogP contribution is 2.12. The number of nitrogens with zero attached hydrogens (tertiary/aromatic N) is 2. The van der Waals surface area contributed by atoms with Crippen LogP contribution in [0.25, 0.3) is 0 Å². The van der Waals surface area contributed by atoms with E-state index in [-0.39, 0.29) is 0 Å². The van der Waals surface area contributed by atoms with Gasteiger partial charge in [-0.15, -0.1) is 0 Å². The summed E-state index contributed by atoms with van der Waals surface area (Å²) in [6.45, 7) is 6.82. The van der Waals surface area contributed by atoms with Gasteiger partial charge in [-0.05, 0) is 40.5 Å². The molecule has 0 aliphatic heterocycles. The topological polar surface area (TPSA) is 43.0 Å². The van der Waals surface area contributed by atoms with Gasteiger partial charge in [0.15, 0.2) is 0 Å². The van der Waals surface area contributed by atoms with Gasteiger partial charge in [0.2, 0.25) is 0 Å². The zero-order valence-electron chi connectivity index (χ0n) is 10.7. The second-order valence-electron chi connectivity index (χ2n) is 4.75. The van der Waals surface area contributed by atoms with Crippen molar-refractivity contribution in [1.82, 2.24) is 15.1 Å². The molecule has 2 aromatic rings. The summed E-state index contributed by atoms with van der Waals surface area (Å²) in [6, 6.07) is 4.02. The maximum Gasteiger partial charge on any atom is 0.125 e. The van der Waals surface area contributed by atoms with Crippen LogP contribution in [0.2, 0.25) is 0 Å². The fourth-order valence-corrected chi connectivity index (χ4v) is 2.00. The molecule has 2 rings (SSSR count). The number of aromatic nitrogens is 2. The first-order valence-electron chi connectivity index (χ1n) is 6.10. The molecule has 2 aromatic heterocycles. The Bertz CT molecular complexity index is 490. The molecule has 0 fully saturated rings. The van der Waals surface area contributed by atoms with Crippen molar-refractivity contribution in [3.8, 4) is 0 Å². The van der Waals surface area contributed by atoms with Gasteiger partial charge in [0.05, 0.1) is 23.8 Å². The number of nitrogens with one attached hydrogen (secondary N) is 1. The zero-order valence-corrected chi connectivity index (χ0v) is 12.3. The van der Waals surface area contributed by atoms with Crippen LogP contribution >= 0.6 is 15.9 Å². The molecule has 18 heavy (non-hydrogen) atoms. The van der Waals surface area contributed by atoms with Gasteiger partial charge in [-0.3, -0.25) is 4.68 Å². The molecule has 4 nitrogen and oxygen atoms in total. The van der Waals surface area contributed by atoms with Gasteiger partial charge in [0, 0.05) is 6.20 Å². The molecular weight excluding hydrogens is 294 g/mol. The molecule has 0 unspecified atom stereocenters. The molecule has 0 aliphatic rings. The number of hydrogen-bond acceptors (Lipinski definition) is 3. The van der Waals surface area contributed by atoms with Gasteiger partial charge >= 0.3 is 0 Å². The molecule has 0 aliphatic carbocycles. The largest absolute Gasteiger partial charge is 0.463 e. The summed E-state index contributed by atoms with van der Waals surface area (Å²) < 4.78 is 8.56. The number of hydrogen-bond donors (Lipinski definition) is 1. The average Bonchev–Trinajstić information content (AvgIpc) is 2.89. The Hall–Kier alpha value is -1.07. The molecule has 0 spiro atoms. The Morgan fingerprint density at radius 3 is 2.83 bits per heavy atom. The fourth-order valence-electron chi connectivity index (χ4n) is 1.67. The minimum Gasteiger partial charge on any atom is -0.463 e. The monoisotopic (exact) mass is 311 g/mol. The number of halogens is 1. The standard InChI is InChI=1S/C13H18BrN3O/c1-10(2)5-15-7-12-3-4-13(18-12)9-17-8-11(14)6-16-17/h3-4,6,8,10,15H,5,7,9H2,1-2H3. The molecule has 2 heterocycles. The van der Waals surface area contributed by atoms with E-state index in [2.05, 4.69) is 40.2 Å². The Balaban J connectivity index is 1.86. The van der Waals surface area contributed by atoms with Crippen LogP contribution in [0.15, 0.2) is 33.4 Å². The summed E-state index contributed by atoms with van der Waals surface area (Å²) in [7, 11) is 0. The highest BCUT2D eigenvalue weighted by molar-refractivity contribution is 9.10. The van der Waals surface area contributed by atoms with Gasteiger partial charge in [0.25, 0.3) is 0 Å². The summed E-state index contributed by atoms with van der Waals surface area (Å²) in [6.07, 6.45) is 3.70. The van der Waals surface area contributed by atoms with Crippen LogP contribution in [0.3, 0.4) is 0 Å². The number of furan rings is 1. The van der Waals surface area contributed by atoms with E-state index in [9.17, 15) is 0 Å². The van der Waals surface area contributed by atoms with Crippen LogP contribution in [0.1, 0.15) is 25.4 Å². The molecule has 0 saturated carbocycles. The summed E-state index contributed by atoms with van der Waals surface area (Å²) in [4.78, 5) is 0. The maximum absolute atomic E-state index is 5.74. The summed E-state index contributed by atoms with van der Waals surface area (Å²) >= 11 is 3.37. The Kier molecular flexibility index (Phi) is 4.60. The molecular formula is C13H18BrN3O.